The summed E-state index contributed by atoms with van der Waals surface area (Å²) in [6.07, 6.45) is 0. The van der Waals surface area contributed by atoms with Gasteiger partial charge in [0, 0.05) is 30.7 Å². The number of benzene rings is 1. The molecule has 0 amide bonds. The van der Waals surface area contributed by atoms with Gasteiger partial charge < -0.3 is 10.2 Å². The fourth-order valence-corrected chi connectivity index (χ4v) is 2.84. The maximum Gasteiger partial charge on any atom is 0.245 e. The van der Waals surface area contributed by atoms with Crippen molar-refractivity contribution in [3.8, 4) is 11.4 Å². The Hall–Kier alpha value is -1.66. The number of aromatic nitrogens is 3. The van der Waals surface area contributed by atoms with Crippen molar-refractivity contribution in [3.05, 3.63) is 29.0 Å². The number of hydrogen-bond donors (Lipinski definition) is 2. The summed E-state index contributed by atoms with van der Waals surface area (Å²) < 4.78 is 13.2. The van der Waals surface area contributed by atoms with Crippen molar-refractivity contribution in [1.82, 2.24) is 20.5 Å². The minimum Gasteiger partial charge on any atom is -0.336 e. The number of nitrogens with one attached hydrogen (secondary N) is 2. The summed E-state index contributed by atoms with van der Waals surface area (Å²) >= 11 is 5.80. The van der Waals surface area contributed by atoms with Crippen molar-refractivity contribution in [2.45, 2.75) is 25.9 Å². The third-order valence-corrected chi connectivity index (χ3v) is 3.80. The molecule has 1 aromatic heterocycles. The Bertz CT molecular complexity index is 634. The van der Waals surface area contributed by atoms with Gasteiger partial charge >= 0.3 is 0 Å². The third-order valence-electron chi connectivity index (χ3n) is 3.51. The molecule has 0 saturated carbocycles. The van der Waals surface area contributed by atoms with Gasteiger partial charge in [-0.15, -0.1) is 5.10 Å². The molecule has 0 spiro atoms. The van der Waals surface area contributed by atoms with Crippen LogP contribution in [0.5, 0.6) is 0 Å². The van der Waals surface area contributed by atoms with Crippen LogP contribution in [0.3, 0.4) is 0 Å². The monoisotopic (exact) mass is 309 g/mol. The van der Waals surface area contributed by atoms with E-state index >= 15 is 0 Å². The molecular formula is C14H17ClFN5. The van der Waals surface area contributed by atoms with Crippen molar-refractivity contribution in [3.63, 3.8) is 0 Å². The molecule has 0 aliphatic carbocycles. The molecule has 112 valence electrons. The highest BCUT2D eigenvalue weighted by atomic mass is 35.5. The average molecular weight is 310 g/mol. The van der Waals surface area contributed by atoms with Crippen molar-refractivity contribution in [1.29, 1.82) is 0 Å². The zero-order chi connectivity index (χ0) is 15.0. The number of nitrogens with zero attached hydrogens (tertiary/aromatic N) is 3. The number of rotatable bonds is 2. The van der Waals surface area contributed by atoms with E-state index in [1.165, 1.54) is 6.07 Å². The van der Waals surface area contributed by atoms with Gasteiger partial charge in [-0.05, 0) is 32.0 Å². The predicted molar refractivity (Wildman–Crippen MR) is 81.1 cm³/mol. The van der Waals surface area contributed by atoms with Crippen LogP contribution in [0.4, 0.5) is 10.3 Å². The fraction of sp³-hybridized carbons (Fsp3) is 0.429. The molecule has 1 aromatic carbocycles. The van der Waals surface area contributed by atoms with Gasteiger partial charge in [-0.3, -0.25) is 5.10 Å². The Kier molecular flexibility index (Phi) is 3.82. The van der Waals surface area contributed by atoms with Gasteiger partial charge in [-0.25, -0.2) is 4.39 Å². The molecule has 0 radical (unpaired) electrons. The van der Waals surface area contributed by atoms with Gasteiger partial charge in [0.05, 0.1) is 5.02 Å². The second-order valence-corrected chi connectivity index (χ2v) is 5.89. The molecule has 7 heteroatoms. The van der Waals surface area contributed by atoms with E-state index in [1.54, 1.807) is 12.1 Å². The van der Waals surface area contributed by atoms with Gasteiger partial charge in [-0.2, -0.15) is 4.98 Å². The fourth-order valence-electron chi connectivity index (χ4n) is 2.66. The minimum atomic E-state index is -0.440. The normalized spacial score (nSPS) is 22.6. The maximum absolute atomic E-state index is 13.2. The third kappa shape index (κ3) is 3.01. The van der Waals surface area contributed by atoms with E-state index in [9.17, 15) is 4.39 Å². The SMILES string of the molecule is CC1CN(c2n[nH]c(-c3ccc(F)c(Cl)c3)n2)CC(C)N1. The highest BCUT2D eigenvalue weighted by Gasteiger charge is 2.23. The first-order valence-corrected chi connectivity index (χ1v) is 7.29. The van der Waals surface area contributed by atoms with Crippen LogP contribution in [0.2, 0.25) is 5.02 Å². The van der Waals surface area contributed by atoms with Gasteiger partial charge in [0.2, 0.25) is 5.95 Å². The summed E-state index contributed by atoms with van der Waals surface area (Å²) in [7, 11) is 0. The van der Waals surface area contributed by atoms with E-state index in [-0.39, 0.29) is 5.02 Å². The molecule has 21 heavy (non-hydrogen) atoms. The van der Waals surface area contributed by atoms with E-state index in [4.69, 9.17) is 11.6 Å². The Labute approximate surface area is 127 Å². The van der Waals surface area contributed by atoms with Crippen LogP contribution in [0.15, 0.2) is 18.2 Å². The zero-order valence-corrected chi connectivity index (χ0v) is 12.7. The Morgan fingerprint density at radius 2 is 2.00 bits per heavy atom. The molecule has 1 saturated heterocycles. The molecule has 2 aromatic rings. The van der Waals surface area contributed by atoms with Crippen LogP contribution in [-0.4, -0.2) is 40.4 Å². The van der Waals surface area contributed by atoms with Crippen molar-refractivity contribution in [2.24, 2.45) is 0 Å². The predicted octanol–water partition coefficient (Wildman–Crippen LogP) is 2.45. The highest BCUT2D eigenvalue weighted by molar-refractivity contribution is 6.31. The van der Waals surface area contributed by atoms with E-state index in [0.29, 0.717) is 23.9 Å². The Morgan fingerprint density at radius 1 is 1.29 bits per heavy atom. The largest absolute Gasteiger partial charge is 0.336 e. The van der Waals surface area contributed by atoms with Gasteiger partial charge in [0.15, 0.2) is 5.82 Å². The molecule has 1 aliphatic rings. The van der Waals surface area contributed by atoms with Crippen molar-refractivity contribution >= 4 is 17.5 Å². The van der Waals surface area contributed by atoms with Crippen LogP contribution in [-0.2, 0) is 0 Å². The Balaban J connectivity index is 1.84. The highest BCUT2D eigenvalue weighted by Crippen LogP contribution is 2.24. The Morgan fingerprint density at radius 3 is 2.67 bits per heavy atom. The lowest BCUT2D eigenvalue weighted by Gasteiger charge is -2.35. The van der Waals surface area contributed by atoms with Crippen molar-refractivity contribution < 1.29 is 4.39 Å². The van der Waals surface area contributed by atoms with Crippen LogP contribution < -0.4 is 10.2 Å². The summed E-state index contributed by atoms with van der Waals surface area (Å²) in [5.74, 6) is 0.807. The molecule has 0 bridgehead atoms. The van der Waals surface area contributed by atoms with E-state index in [2.05, 4.69) is 39.2 Å². The van der Waals surface area contributed by atoms with Crippen LogP contribution in [0, 0.1) is 5.82 Å². The lowest BCUT2D eigenvalue weighted by atomic mass is 10.1. The van der Waals surface area contributed by atoms with E-state index < -0.39 is 5.82 Å². The number of H-pyrrole nitrogens is 1. The summed E-state index contributed by atoms with van der Waals surface area (Å²) in [5, 5.41) is 10.7. The molecule has 3 rings (SSSR count). The number of aromatic amines is 1. The van der Waals surface area contributed by atoms with Gasteiger partial charge in [-0.1, -0.05) is 11.6 Å². The van der Waals surface area contributed by atoms with E-state index in [1.807, 2.05) is 0 Å². The summed E-state index contributed by atoms with van der Waals surface area (Å²) in [6, 6.07) is 5.28. The minimum absolute atomic E-state index is 0.0786. The van der Waals surface area contributed by atoms with Gasteiger partial charge in [0.1, 0.15) is 5.82 Å². The van der Waals surface area contributed by atoms with Crippen molar-refractivity contribution in [2.75, 3.05) is 18.0 Å². The molecule has 2 unspecified atom stereocenters. The summed E-state index contributed by atoms with van der Waals surface area (Å²) in [4.78, 5) is 6.63. The standard InChI is InChI=1S/C14H17ClFN5/c1-8-6-21(7-9(2)17-8)14-18-13(19-20-14)10-3-4-12(16)11(15)5-10/h3-5,8-9,17H,6-7H2,1-2H3,(H,18,19,20). The lowest BCUT2D eigenvalue weighted by Crippen LogP contribution is -2.54. The number of anilines is 1. The number of piperazine rings is 1. The first kappa shape index (κ1) is 14.3. The molecule has 2 N–H and O–H groups in total. The molecule has 1 aliphatic heterocycles. The average Bonchev–Trinajstić information content (AvgIpc) is 2.90. The second kappa shape index (κ2) is 5.61. The molecular weight excluding hydrogens is 293 g/mol. The van der Waals surface area contributed by atoms with Gasteiger partial charge in [0.25, 0.3) is 0 Å². The van der Waals surface area contributed by atoms with E-state index in [0.717, 1.165) is 18.7 Å². The lowest BCUT2D eigenvalue weighted by molar-refractivity contribution is 0.403. The smallest absolute Gasteiger partial charge is 0.245 e. The zero-order valence-electron chi connectivity index (χ0n) is 11.9. The van der Waals surface area contributed by atoms with Crippen LogP contribution in [0.25, 0.3) is 11.4 Å². The molecule has 2 atom stereocenters. The summed E-state index contributed by atoms with van der Waals surface area (Å²) in [5.41, 5.74) is 0.719. The van der Waals surface area contributed by atoms with Crippen LogP contribution >= 0.6 is 11.6 Å². The maximum atomic E-state index is 13.2. The topological polar surface area (TPSA) is 56.8 Å². The first-order chi connectivity index (χ1) is 10.0. The van der Waals surface area contributed by atoms with Crippen LogP contribution in [0.1, 0.15) is 13.8 Å². The molecule has 2 heterocycles. The summed E-state index contributed by atoms with van der Waals surface area (Å²) in [6.45, 7) is 5.98. The molecule has 5 nitrogen and oxygen atoms in total. The second-order valence-electron chi connectivity index (χ2n) is 5.49. The first-order valence-electron chi connectivity index (χ1n) is 6.92. The quantitative estimate of drug-likeness (QED) is 0.894. The number of halogens is 2. The molecule has 1 fully saturated rings. The number of hydrogen-bond acceptors (Lipinski definition) is 4.